The van der Waals surface area contributed by atoms with Crippen LogP contribution < -0.4 is 16.0 Å². The molecule has 1 atom stereocenters. The van der Waals surface area contributed by atoms with E-state index >= 15 is 0 Å². The Bertz CT molecular complexity index is 1150. The topological polar surface area (TPSA) is 124 Å². The van der Waals surface area contributed by atoms with Crippen molar-refractivity contribution in [2.24, 2.45) is 0 Å². The van der Waals surface area contributed by atoms with Crippen LogP contribution in [-0.2, 0) is 9.53 Å². The number of carbonyl (C=O) groups is 3. The molecule has 0 saturated carbocycles. The van der Waals surface area contributed by atoms with Gasteiger partial charge in [0, 0.05) is 23.6 Å². The second-order valence-corrected chi connectivity index (χ2v) is 7.42. The fraction of sp³-hybridized carbons (Fsp3) is 0.250. The van der Waals surface area contributed by atoms with Crippen molar-refractivity contribution in [1.82, 2.24) is 10.2 Å². The first-order valence-electron chi connectivity index (χ1n) is 10.4. The minimum Gasteiger partial charge on any atom is -0.466 e. The highest BCUT2D eigenvalue weighted by Crippen LogP contribution is 2.32. The van der Waals surface area contributed by atoms with Crippen LogP contribution >= 0.6 is 0 Å². The molecule has 3 rings (SSSR count). The van der Waals surface area contributed by atoms with Gasteiger partial charge in [-0.3, -0.25) is 4.90 Å². The van der Waals surface area contributed by atoms with E-state index in [1.54, 1.807) is 55.5 Å². The van der Waals surface area contributed by atoms with Gasteiger partial charge >= 0.3 is 18.0 Å². The van der Waals surface area contributed by atoms with Gasteiger partial charge in [-0.05, 0) is 49.2 Å². The number of rotatable bonds is 6. The Labute approximate surface area is 192 Å². The van der Waals surface area contributed by atoms with Crippen molar-refractivity contribution >= 4 is 29.4 Å². The van der Waals surface area contributed by atoms with Gasteiger partial charge in [0.05, 0.1) is 30.4 Å². The van der Waals surface area contributed by atoms with Gasteiger partial charge in [0.15, 0.2) is 0 Å². The number of nitrogens with zero attached hydrogens (tertiary/aromatic N) is 2. The number of hydrogen-bond donors (Lipinski definition) is 3. The molecule has 1 aliphatic rings. The molecule has 9 nitrogen and oxygen atoms in total. The summed E-state index contributed by atoms with van der Waals surface area (Å²) in [4.78, 5) is 39.2. The molecule has 0 unspecified atom stereocenters. The number of esters is 1. The molecule has 0 saturated heterocycles. The number of benzene rings is 2. The summed E-state index contributed by atoms with van der Waals surface area (Å²) in [6.07, 6.45) is 0.732. The summed E-state index contributed by atoms with van der Waals surface area (Å²) in [5, 5.41) is 17.3. The monoisotopic (exact) mass is 447 g/mol. The quantitative estimate of drug-likeness (QED) is 0.575. The lowest BCUT2D eigenvalue weighted by atomic mass is 9.94. The van der Waals surface area contributed by atoms with Crippen molar-refractivity contribution in [2.45, 2.75) is 26.3 Å². The van der Waals surface area contributed by atoms with Gasteiger partial charge in [-0.2, -0.15) is 5.26 Å². The zero-order valence-electron chi connectivity index (χ0n) is 18.6. The van der Waals surface area contributed by atoms with E-state index in [0.717, 1.165) is 6.42 Å². The van der Waals surface area contributed by atoms with Gasteiger partial charge in [0.2, 0.25) is 0 Å². The Morgan fingerprint density at radius 3 is 2.45 bits per heavy atom. The first-order valence-corrected chi connectivity index (χ1v) is 10.4. The first-order chi connectivity index (χ1) is 15.9. The maximum absolute atomic E-state index is 12.7. The minimum atomic E-state index is -0.727. The molecule has 0 fully saturated rings. The van der Waals surface area contributed by atoms with Gasteiger partial charge < -0.3 is 20.7 Å². The van der Waals surface area contributed by atoms with E-state index in [9.17, 15) is 14.4 Å². The van der Waals surface area contributed by atoms with Gasteiger partial charge in [-0.1, -0.05) is 25.1 Å². The number of anilines is 2. The van der Waals surface area contributed by atoms with Crippen LogP contribution in [0, 0.1) is 11.3 Å². The average Bonchev–Trinajstić information content (AvgIpc) is 2.81. The van der Waals surface area contributed by atoms with Crippen LogP contribution in [0.3, 0.4) is 0 Å². The highest BCUT2D eigenvalue weighted by Gasteiger charge is 2.36. The standard InChI is InChI=1S/C24H25N5O4/c1-4-11-29-15(2)20(22(30)33-3)21(28-24(29)32)17-8-6-10-19(13-17)27-23(31)26-18-9-5-7-16(12-18)14-25/h5-10,12-13,21H,4,11H2,1-3H3,(H,28,32)(H2,26,27,31)/t21-/m0/s1. The lowest BCUT2D eigenvalue weighted by molar-refractivity contribution is -0.136. The molecule has 170 valence electrons. The third-order valence-electron chi connectivity index (χ3n) is 5.18. The van der Waals surface area contributed by atoms with Crippen molar-refractivity contribution in [1.29, 1.82) is 5.26 Å². The number of methoxy groups -OCH3 is 1. The summed E-state index contributed by atoms with van der Waals surface area (Å²) in [6, 6.07) is 13.9. The molecule has 9 heteroatoms. The van der Waals surface area contributed by atoms with Crippen molar-refractivity contribution in [3.63, 3.8) is 0 Å². The Kier molecular flexibility index (Phi) is 7.31. The summed E-state index contributed by atoms with van der Waals surface area (Å²) in [5.74, 6) is -0.535. The zero-order chi connectivity index (χ0) is 24.0. The predicted molar refractivity (Wildman–Crippen MR) is 123 cm³/mol. The molecule has 1 heterocycles. The maximum atomic E-state index is 12.7. The van der Waals surface area contributed by atoms with Gasteiger partial charge in [0.25, 0.3) is 0 Å². The van der Waals surface area contributed by atoms with Crippen LogP contribution in [-0.4, -0.2) is 36.6 Å². The molecular weight excluding hydrogens is 422 g/mol. The molecule has 3 N–H and O–H groups in total. The Hall–Kier alpha value is -4.32. The predicted octanol–water partition coefficient (Wildman–Crippen LogP) is 4.13. The SMILES string of the molecule is CCCN1C(=O)N[C@@H](c2cccc(NC(=O)Nc3cccc(C#N)c3)c2)C(C(=O)OC)=C1C. The molecule has 4 amide bonds. The highest BCUT2D eigenvalue weighted by molar-refractivity contribution is 6.00. The van der Waals surface area contributed by atoms with E-state index in [2.05, 4.69) is 16.0 Å². The lowest BCUT2D eigenvalue weighted by Crippen LogP contribution is -2.48. The molecule has 2 aromatic rings. The number of carbonyl (C=O) groups excluding carboxylic acids is 3. The van der Waals surface area contributed by atoms with E-state index in [4.69, 9.17) is 10.00 Å². The number of allylic oxidation sites excluding steroid dienone is 1. The average molecular weight is 447 g/mol. The Morgan fingerprint density at radius 2 is 1.82 bits per heavy atom. The van der Waals surface area contributed by atoms with Gasteiger partial charge in [-0.25, -0.2) is 14.4 Å². The minimum absolute atomic E-state index is 0.305. The first kappa shape index (κ1) is 23.3. The smallest absolute Gasteiger partial charge is 0.337 e. The normalized spacial score (nSPS) is 15.4. The fourth-order valence-electron chi connectivity index (χ4n) is 3.65. The summed E-state index contributed by atoms with van der Waals surface area (Å²) in [5.41, 5.74) is 2.85. The molecule has 0 spiro atoms. The Morgan fingerprint density at radius 1 is 1.15 bits per heavy atom. The molecule has 0 radical (unpaired) electrons. The molecule has 0 aromatic heterocycles. The number of nitriles is 1. The Balaban J connectivity index is 1.85. The third-order valence-corrected chi connectivity index (χ3v) is 5.18. The second-order valence-electron chi connectivity index (χ2n) is 7.42. The van der Waals surface area contributed by atoms with E-state index in [1.807, 2.05) is 13.0 Å². The number of urea groups is 2. The van der Waals surface area contributed by atoms with E-state index in [-0.39, 0.29) is 6.03 Å². The van der Waals surface area contributed by atoms with Gasteiger partial charge in [0.1, 0.15) is 0 Å². The zero-order valence-corrected chi connectivity index (χ0v) is 18.6. The molecule has 0 bridgehead atoms. The number of amides is 4. The largest absolute Gasteiger partial charge is 0.466 e. The van der Waals surface area contributed by atoms with E-state index < -0.39 is 18.0 Å². The van der Waals surface area contributed by atoms with E-state index in [1.165, 1.54) is 12.0 Å². The molecule has 0 aliphatic carbocycles. The summed E-state index contributed by atoms with van der Waals surface area (Å²) < 4.78 is 4.98. The van der Waals surface area contributed by atoms with E-state index in [0.29, 0.717) is 40.3 Å². The maximum Gasteiger partial charge on any atom is 0.337 e. The molecular formula is C24H25N5O4. The second kappa shape index (κ2) is 10.3. The number of hydrogen-bond acceptors (Lipinski definition) is 5. The summed E-state index contributed by atoms with van der Waals surface area (Å²) in [7, 11) is 1.30. The van der Waals surface area contributed by atoms with Crippen molar-refractivity contribution < 1.29 is 19.1 Å². The molecule has 33 heavy (non-hydrogen) atoms. The number of ether oxygens (including phenoxy) is 1. The van der Waals surface area contributed by atoms with Crippen molar-refractivity contribution in [2.75, 3.05) is 24.3 Å². The van der Waals surface area contributed by atoms with Crippen LogP contribution in [0.5, 0.6) is 0 Å². The highest BCUT2D eigenvalue weighted by atomic mass is 16.5. The van der Waals surface area contributed by atoms with Crippen molar-refractivity contribution in [3.8, 4) is 6.07 Å². The van der Waals surface area contributed by atoms with Crippen LogP contribution in [0.2, 0.25) is 0 Å². The van der Waals surface area contributed by atoms with Crippen LogP contribution in [0.15, 0.2) is 59.8 Å². The van der Waals surface area contributed by atoms with Crippen LogP contribution in [0.4, 0.5) is 21.0 Å². The molecule has 2 aromatic carbocycles. The lowest BCUT2D eigenvalue weighted by Gasteiger charge is -2.35. The van der Waals surface area contributed by atoms with Gasteiger partial charge in [-0.15, -0.1) is 0 Å². The van der Waals surface area contributed by atoms with Crippen LogP contribution in [0.25, 0.3) is 0 Å². The number of nitrogens with one attached hydrogen (secondary N) is 3. The van der Waals surface area contributed by atoms with Crippen LogP contribution in [0.1, 0.15) is 37.4 Å². The van der Waals surface area contributed by atoms with Crippen molar-refractivity contribution in [3.05, 3.63) is 70.9 Å². The summed E-state index contributed by atoms with van der Waals surface area (Å²) >= 11 is 0. The third kappa shape index (κ3) is 5.30. The fourth-order valence-corrected chi connectivity index (χ4v) is 3.65. The summed E-state index contributed by atoms with van der Waals surface area (Å²) in [6.45, 7) is 4.14. The molecule has 1 aliphatic heterocycles.